The Kier molecular flexibility index (Phi) is 6.91. The van der Waals surface area contributed by atoms with Gasteiger partial charge in [0.2, 0.25) is 17.7 Å². The Bertz CT molecular complexity index is 628. The largest absolute Gasteiger partial charge is 0.354 e. The van der Waals surface area contributed by atoms with Crippen LogP contribution in [0.15, 0.2) is 24.3 Å². The molecule has 0 saturated carbocycles. The van der Waals surface area contributed by atoms with Crippen molar-refractivity contribution in [2.45, 2.75) is 26.2 Å². The van der Waals surface area contributed by atoms with Crippen molar-refractivity contribution in [3.05, 3.63) is 35.6 Å². The Morgan fingerprint density at radius 1 is 1.16 bits per heavy atom. The van der Waals surface area contributed by atoms with Crippen LogP contribution >= 0.6 is 0 Å². The molecule has 0 spiro atoms. The summed E-state index contributed by atoms with van der Waals surface area (Å²) in [6, 6.07) is 5.92. The highest BCUT2D eigenvalue weighted by atomic mass is 19.1. The van der Waals surface area contributed by atoms with E-state index in [9.17, 15) is 18.8 Å². The molecular weight excluding hydrogens is 325 g/mol. The predicted octanol–water partition coefficient (Wildman–Crippen LogP) is 0.859. The van der Waals surface area contributed by atoms with E-state index < -0.39 is 0 Å². The Hall–Kier alpha value is -2.44. The molecule has 3 amide bonds. The van der Waals surface area contributed by atoms with Gasteiger partial charge >= 0.3 is 0 Å². The second-order valence-electron chi connectivity index (χ2n) is 6.23. The predicted molar refractivity (Wildman–Crippen MR) is 91.1 cm³/mol. The number of halogens is 1. The summed E-state index contributed by atoms with van der Waals surface area (Å²) in [5.74, 6) is -0.663. The first-order valence-corrected chi connectivity index (χ1v) is 8.50. The first-order valence-electron chi connectivity index (χ1n) is 8.50. The average Bonchev–Trinajstić information content (AvgIpc) is 2.58. The number of benzene rings is 1. The fourth-order valence-electron chi connectivity index (χ4n) is 2.88. The van der Waals surface area contributed by atoms with Gasteiger partial charge in [0.1, 0.15) is 5.82 Å². The molecule has 6 nitrogen and oxygen atoms in total. The Balaban J connectivity index is 1.61. The molecule has 2 N–H and O–H groups in total. The summed E-state index contributed by atoms with van der Waals surface area (Å²) in [6.07, 6.45) is 1.43. The summed E-state index contributed by atoms with van der Waals surface area (Å²) in [6.45, 7) is 3.43. The van der Waals surface area contributed by atoms with E-state index in [0.717, 1.165) is 0 Å². The van der Waals surface area contributed by atoms with E-state index in [0.29, 0.717) is 44.6 Å². The summed E-state index contributed by atoms with van der Waals surface area (Å²) in [5.41, 5.74) is 0.610. The van der Waals surface area contributed by atoms with Gasteiger partial charge in [0, 0.05) is 39.0 Å². The lowest BCUT2D eigenvalue weighted by molar-refractivity contribution is -0.133. The minimum atomic E-state index is -0.367. The molecule has 1 aromatic carbocycles. The zero-order chi connectivity index (χ0) is 18.2. The van der Waals surface area contributed by atoms with E-state index >= 15 is 0 Å². The molecule has 1 saturated heterocycles. The minimum Gasteiger partial charge on any atom is -0.354 e. The molecule has 0 bridgehead atoms. The molecule has 136 valence electrons. The highest BCUT2D eigenvalue weighted by Crippen LogP contribution is 2.17. The summed E-state index contributed by atoms with van der Waals surface area (Å²) >= 11 is 0. The molecule has 0 unspecified atom stereocenters. The summed E-state index contributed by atoms with van der Waals surface area (Å²) < 4.78 is 13.1. The highest BCUT2D eigenvalue weighted by Gasteiger charge is 2.25. The number of carbonyl (C=O) groups is 3. The van der Waals surface area contributed by atoms with E-state index in [4.69, 9.17) is 0 Å². The number of carbonyl (C=O) groups excluding carboxylic acids is 3. The average molecular weight is 349 g/mol. The van der Waals surface area contributed by atoms with Gasteiger partial charge in [-0.25, -0.2) is 4.39 Å². The topological polar surface area (TPSA) is 78.5 Å². The maximum atomic E-state index is 13.1. The van der Waals surface area contributed by atoms with Gasteiger partial charge in [0.15, 0.2) is 0 Å². The third-order valence-corrected chi connectivity index (χ3v) is 4.31. The van der Waals surface area contributed by atoms with Crippen LogP contribution in [-0.4, -0.2) is 48.8 Å². The highest BCUT2D eigenvalue weighted by molar-refractivity contribution is 5.80. The van der Waals surface area contributed by atoms with Crippen molar-refractivity contribution in [2.75, 3.05) is 26.2 Å². The molecular formula is C18H24FN3O3. The minimum absolute atomic E-state index is 0.0393. The lowest BCUT2D eigenvalue weighted by Crippen LogP contribution is -2.43. The molecule has 0 atom stereocenters. The molecule has 2 rings (SSSR count). The smallest absolute Gasteiger partial charge is 0.224 e. The Morgan fingerprint density at radius 3 is 2.48 bits per heavy atom. The molecule has 1 aliphatic heterocycles. The number of piperidine rings is 1. The van der Waals surface area contributed by atoms with Gasteiger partial charge in [-0.1, -0.05) is 12.1 Å². The molecule has 0 aromatic heterocycles. The number of rotatable bonds is 6. The number of nitrogens with zero attached hydrogens (tertiary/aromatic N) is 1. The van der Waals surface area contributed by atoms with Crippen molar-refractivity contribution in [2.24, 2.45) is 5.92 Å². The normalized spacial score (nSPS) is 14.9. The van der Waals surface area contributed by atoms with Gasteiger partial charge in [-0.05, 0) is 30.5 Å². The molecule has 1 aliphatic rings. The number of nitrogens with one attached hydrogen (secondary N) is 2. The Labute approximate surface area is 146 Å². The van der Waals surface area contributed by atoms with Crippen LogP contribution in [0.4, 0.5) is 4.39 Å². The van der Waals surface area contributed by atoms with Crippen LogP contribution in [0.5, 0.6) is 0 Å². The second kappa shape index (κ2) is 9.15. The van der Waals surface area contributed by atoms with E-state index in [1.165, 1.54) is 19.1 Å². The van der Waals surface area contributed by atoms with Crippen LogP contribution in [0.3, 0.4) is 0 Å². The van der Waals surface area contributed by atoms with E-state index in [1.807, 2.05) is 0 Å². The standard InChI is InChI=1S/C18H24FN3O3/c1-13(23)22-9-5-15(6-10-22)18(25)21-8-7-20-17(24)12-14-3-2-4-16(19)11-14/h2-4,11,15H,5-10,12H2,1H3,(H,20,24)(H,21,25). The molecule has 1 fully saturated rings. The summed E-state index contributed by atoms with van der Waals surface area (Å²) in [4.78, 5) is 36.9. The first kappa shape index (κ1) is 18.9. The zero-order valence-corrected chi connectivity index (χ0v) is 14.4. The molecule has 1 heterocycles. The maximum absolute atomic E-state index is 13.1. The lowest BCUT2D eigenvalue weighted by Gasteiger charge is -2.30. The van der Waals surface area contributed by atoms with Crippen LogP contribution in [0.25, 0.3) is 0 Å². The molecule has 0 aliphatic carbocycles. The van der Waals surface area contributed by atoms with Crippen molar-refractivity contribution in [1.82, 2.24) is 15.5 Å². The molecule has 0 radical (unpaired) electrons. The fraction of sp³-hybridized carbons (Fsp3) is 0.500. The SMILES string of the molecule is CC(=O)N1CCC(C(=O)NCCNC(=O)Cc2cccc(F)c2)CC1. The molecule has 25 heavy (non-hydrogen) atoms. The quantitative estimate of drug-likeness (QED) is 0.748. The van der Waals surface area contributed by atoms with Gasteiger partial charge < -0.3 is 15.5 Å². The molecule has 1 aromatic rings. The first-order chi connectivity index (χ1) is 12.0. The van der Waals surface area contributed by atoms with Crippen LogP contribution < -0.4 is 10.6 Å². The van der Waals surface area contributed by atoms with E-state index in [-0.39, 0.29) is 35.9 Å². The third kappa shape index (κ3) is 6.17. The van der Waals surface area contributed by atoms with Gasteiger partial charge in [-0.2, -0.15) is 0 Å². The van der Waals surface area contributed by atoms with Gasteiger partial charge in [0.05, 0.1) is 6.42 Å². The van der Waals surface area contributed by atoms with Crippen LogP contribution in [0.2, 0.25) is 0 Å². The number of likely N-dealkylation sites (tertiary alicyclic amines) is 1. The molecule has 7 heteroatoms. The van der Waals surface area contributed by atoms with E-state index in [2.05, 4.69) is 10.6 Å². The maximum Gasteiger partial charge on any atom is 0.224 e. The fourth-order valence-corrected chi connectivity index (χ4v) is 2.88. The summed E-state index contributed by atoms with van der Waals surface area (Å²) in [5, 5.41) is 5.51. The van der Waals surface area contributed by atoms with Gasteiger partial charge in [0.25, 0.3) is 0 Å². The second-order valence-corrected chi connectivity index (χ2v) is 6.23. The third-order valence-electron chi connectivity index (χ3n) is 4.31. The van der Waals surface area contributed by atoms with Crippen LogP contribution in [0.1, 0.15) is 25.3 Å². The zero-order valence-electron chi connectivity index (χ0n) is 14.4. The van der Waals surface area contributed by atoms with Crippen LogP contribution in [0, 0.1) is 11.7 Å². The van der Waals surface area contributed by atoms with Crippen molar-refractivity contribution in [1.29, 1.82) is 0 Å². The number of amides is 3. The monoisotopic (exact) mass is 349 g/mol. The summed E-state index contributed by atoms with van der Waals surface area (Å²) in [7, 11) is 0. The van der Waals surface area contributed by atoms with Crippen LogP contribution in [-0.2, 0) is 20.8 Å². The number of hydrogen-bond acceptors (Lipinski definition) is 3. The van der Waals surface area contributed by atoms with Crippen molar-refractivity contribution in [3.63, 3.8) is 0 Å². The van der Waals surface area contributed by atoms with Gasteiger partial charge in [-0.3, -0.25) is 14.4 Å². The number of hydrogen-bond donors (Lipinski definition) is 2. The Morgan fingerprint density at radius 2 is 1.84 bits per heavy atom. The van der Waals surface area contributed by atoms with E-state index in [1.54, 1.807) is 17.0 Å². The van der Waals surface area contributed by atoms with Crippen molar-refractivity contribution in [3.8, 4) is 0 Å². The lowest BCUT2D eigenvalue weighted by atomic mass is 9.96. The van der Waals surface area contributed by atoms with Crippen molar-refractivity contribution < 1.29 is 18.8 Å². The van der Waals surface area contributed by atoms with Gasteiger partial charge in [-0.15, -0.1) is 0 Å². The van der Waals surface area contributed by atoms with Crippen molar-refractivity contribution >= 4 is 17.7 Å².